The van der Waals surface area contributed by atoms with Crippen molar-refractivity contribution >= 4 is 11.8 Å². The second-order valence-corrected chi connectivity index (χ2v) is 2.86. The van der Waals surface area contributed by atoms with Crippen LogP contribution in [-0.2, 0) is 9.59 Å². The molecule has 0 aliphatic heterocycles. The molecule has 0 aromatic carbocycles. The summed E-state index contributed by atoms with van der Waals surface area (Å²) in [6.07, 6.45) is 3.59. The van der Waals surface area contributed by atoms with Crippen LogP contribution in [0.25, 0.3) is 0 Å². The van der Waals surface area contributed by atoms with Crippen molar-refractivity contribution in [3.63, 3.8) is 0 Å². The summed E-state index contributed by atoms with van der Waals surface area (Å²) in [5.41, 5.74) is 0. The molecule has 1 aromatic rings. The van der Waals surface area contributed by atoms with Crippen LogP contribution in [0.15, 0.2) is 24.5 Å². The van der Waals surface area contributed by atoms with E-state index in [1.807, 2.05) is 0 Å². The van der Waals surface area contributed by atoms with Gasteiger partial charge in [0.05, 0.1) is 6.61 Å². The predicted octanol–water partition coefficient (Wildman–Crippen LogP) is 0.894. The minimum atomic E-state index is -1.39. The molecule has 1 rings (SSSR count). The molecule has 0 aliphatic carbocycles. The van der Waals surface area contributed by atoms with Crippen molar-refractivity contribution in [1.29, 1.82) is 0 Å². The summed E-state index contributed by atoms with van der Waals surface area (Å²) in [6, 6.07) is 3.39. The van der Waals surface area contributed by atoms with Gasteiger partial charge in [0.1, 0.15) is 5.75 Å². The summed E-state index contributed by atoms with van der Waals surface area (Å²) in [6.45, 7) is 0.322. The zero-order valence-corrected chi connectivity index (χ0v) is 8.05. The van der Waals surface area contributed by atoms with Gasteiger partial charge in [0.2, 0.25) is 5.78 Å². The number of hydrogen-bond donors (Lipinski definition) is 1. The van der Waals surface area contributed by atoms with Gasteiger partial charge in [-0.3, -0.25) is 9.78 Å². The summed E-state index contributed by atoms with van der Waals surface area (Å²) in [4.78, 5) is 24.7. The van der Waals surface area contributed by atoms with Gasteiger partial charge in [-0.15, -0.1) is 0 Å². The van der Waals surface area contributed by atoms with Crippen molar-refractivity contribution in [1.82, 2.24) is 4.98 Å². The summed E-state index contributed by atoms with van der Waals surface area (Å²) < 4.78 is 5.25. The third kappa shape index (κ3) is 4.21. The summed E-state index contributed by atoms with van der Waals surface area (Å²) >= 11 is 0. The largest absolute Gasteiger partial charge is 0.493 e. The second kappa shape index (κ2) is 5.74. The van der Waals surface area contributed by atoms with Crippen molar-refractivity contribution in [2.75, 3.05) is 6.61 Å². The summed E-state index contributed by atoms with van der Waals surface area (Å²) in [5.74, 6) is -1.51. The van der Waals surface area contributed by atoms with Crippen molar-refractivity contribution in [3.05, 3.63) is 24.5 Å². The molecule has 0 radical (unpaired) electrons. The van der Waals surface area contributed by atoms with Crippen LogP contribution in [0.1, 0.15) is 12.8 Å². The second-order valence-electron chi connectivity index (χ2n) is 2.86. The highest BCUT2D eigenvalue weighted by molar-refractivity contribution is 6.32. The van der Waals surface area contributed by atoms with E-state index < -0.39 is 11.8 Å². The van der Waals surface area contributed by atoms with Gasteiger partial charge in [-0.2, -0.15) is 0 Å². The highest BCUT2D eigenvalue weighted by atomic mass is 16.5. The Balaban J connectivity index is 2.18. The Morgan fingerprint density at radius 1 is 1.33 bits per heavy atom. The van der Waals surface area contributed by atoms with E-state index in [4.69, 9.17) is 9.84 Å². The maximum Gasteiger partial charge on any atom is 0.372 e. The minimum Gasteiger partial charge on any atom is -0.493 e. The summed E-state index contributed by atoms with van der Waals surface area (Å²) in [5, 5.41) is 8.30. The van der Waals surface area contributed by atoms with E-state index in [0.29, 0.717) is 18.8 Å². The van der Waals surface area contributed by atoms with Crippen LogP contribution in [0.2, 0.25) is 0 Å². The molecular weight excluding hydrogens is 198 g/mol. The predicted molar refractivity (Wildman–Crippen MR) is 51.6 cm³/mol. The molecule has 0 saturated carbocycles. The fraction of sp³-hybridized carbons (Fsp3) is 0.300. The third-order valence-corrected chi connectivity index (χ3v) is 1.71. The van der Waals surface area contributed by atoms with E-state index >= 15 is 0 Å². The van der Waals surface area contributed by atoms with E-state index in [1.165, 1.54) is 0 Å². The van der Waals surface area contributed by atoms with Gasteiger partial charge < -0.3 is 9.84 Å². The van der Waals surface area contributed by atoms with Gasteiger partial charge in [-0.25, -0.2) is 4.79 Å². The zero-order valence-electron chi connectivity index (χ0n) is 8.05. The Morgan fingerprint density at radius 2 is 2.00 bits per heavy atom. The standard InChI is InChI=1S/C10H11NO4/c12-9(10(13)14)2-1-7-15-8-3-5-11-6-4-8/h3-6H,1-2,7H2,(H,13,14). The smallest absolute Gasteiger partial charge is 0.372 e. The van der Waals surface area contributed by atoms with Crippen LogP contribution in [0.5, 0.6) is 5.75 Å². The van der Waals surface area contributed by atoms with Crippen LogP contribution < -0.4 is 4.74 Å². The van der Waals surface area contributed by atoms with Crippen LogP contribution in [-0.4, -0.2) is 28.4 Å². The summed E-state index contributed by atoms with van der Waals surface area (Å²) in [7, 11) is 0. The number of carboxylic acid groups (broad SMARTS) is 1. The van der Waals surface area contributed by atoms with Crippen LogP contribution in [0.4, 0.5) is 0 Å². The lowest BCUT2D eigenvalue weighted by atomic mass is 10.2. The Hall–Kier alpha value is -1.91. The van der Waals surface area contributed by atoms with Gasteiger partial charge in [-0.1, -0.05) is 0 Å². The number of rotatable bonds is 6. The molecule has 0 fully saturated rings. The first-order chi connectivity index (χ1) is 7.20. The van der Waals surface area contributed by atoms with Crippen molar-refractivity contribution in [2.45, 2.75) is 12.8 Å². The normalized spacial score (nSPS) is 9.60. The molecule has 0 unspecified atom stereocenters. The molecule has 5 nitrogen and oxygen atoms in total. The lowest BCUT2D eigenvalue weighted by molar-refractivity contribution is -0.149. The van der Waals surface area contributed by atoms with Crippen molar-refractivity contribution < 1.29 is 19.4 Å². The Kier molecular flexibility index (Phi) is 4.28. The number of ether oxygens (including phenoxy) is 1. The number of nitrogens with zero attached hydrogens (tertiary/aromatic N) is 1. The van der Waals surface area contributed by atoms with E-state index in [9.17, 15) is 9.59 Å². The Labute approximate surface area is 86.7 Å². The molecule has 5 heteroatoms. The average Bonchev–Trinajstić information content (AvgIpc) is 2.25. The molecule has 0 amide bonds. The highest BCUT2D eigenvalue weighted by Gasteiger charge is 2.09. The Morgan fingerprint density at radius 3 is 2.60 bits per heavy atom. The first kappa shape index (κ1) is 11.2. The van der Waals surface area contributed by atoms with E-state index in [2.05, 4.69) is 4.98 Å². The number of aliphatic carboxylic acids is 1. The molecule has 80 valence electrons. The number of hydrogen-bond acceptors (Lipinski definition) is 4. The van der Waals surface area contributed by atoms with Crippen molar-refractivity contribution in [2.24, 2.45) is 0 Å². The molecule has 0 spiro atoms. The number of ketones is 1. The molecular formula is C10H11NO4. The molecule has 0 saturated heterocycles. The topological polar surface area (TPSA) is 76.5 Å². The lowest BCUT2D eigenvalue weighted by Crippen LogP contribution is -2.13. The number of carbonyl (C=O) groups excluding carboxylic acids is 1. The molecule has 1 N–H and O–H groups in total. The highest BCUT2D eigenvalue weighted by Crippen LogP contribution is 2.07. The first-order valence-electron chi connectivity index (χ1n) is 4.49. The molecule has 15 heavy (non-hydrogen) atoms. The first-order valence-corrected chi connectivity index (χ1v) is 4.49. The van der Waals surface area contributed by atoms with E-state index in [0.717, 1.165) is 0 Å². The molecule has 0 bridgehead atoms. The van der Waals surface area contributed by atoms with Gasteiger partial charge >= 0.3 is 5.97 Å². The van der Waals surface area contributed by atoms with Crippen LogP contribution >= 0.6 is 0 Å². The zero-order chi connectivity index (χ0) is 11.1. The van der Waals surface area contributed by atoms with E-state index in [-0.39, 0.29) is 6.42 Å². The maximum atomic E-state index is 10.7. The Bertz CT molecular complexity index is 337. The maximum absolute atomic E-state index is 10.7. The molecule has 0 aliphatic rings. The number of Topliss-reactive ketones (excluding diaryl/α,β-unsaturated/α-hetero) is 1. The molecule has 0 atom stereocenters. The minimum absolute atomic E-state index is 0.000414. The molecule has 1 heterocycles. The third-order valence-electron chi connectivity index (χ3n) is 1.71. The van der Waals surface area contributed by atoms with Gasteiger partial charge in [0.15, 0.2) is 0 Å². The fourth-order valence-corrected chi connectivity index (χ4v) is 0.964. The number of pyridine rings is 1. The SMILES string of the molecule is O=C(O)C(=O)CCCOc1ccncc1. The lowest BCUT2D eigenvalue weighted by Gasteiger charge is -2.03. The van der Waals surface area contributed by atoms with Crippen molar-refractivity contribution in [3.8, 4) is 5.75 Å². The number of aromatic nitrogens is 1. The van der Waals surface area contributed by atoms with Crippen LogP contribution in [0, 0.1) is 0 Å². The van der Waals surface area contributed by atoms with Gasteiger partial charge in [0, 0.05) is 18.8 Å². The van der Waals surface area contributed by atoms with E-state index in [1.54, 1.807) is 24.5 Å². The van der Waals surface area contributed by atoms with Crippen LogP contribution in [0.3, 0.4) is 0 Å². The molecule has 1 aromatic heterocycles. The van der Waals surface area contributed by atoms with Gasteiger partial charge in [-0.05, 0) is 18.6 Å². The monoisotopic (exact) mass is 209 g/mol. The fourth-order valence-electron chi connectivity index (χ4n) is 0.964. The number of carboxylic acids is 1. The van der Waals surface area contributed by atoms with Gasteiger partial charge in [0.25, 0.3) is 0 Å². The quantitative estimate of drug-likeness (QED) is 0.556. The number of carbonyl (C=O) groups is 2. The average molecular weight is 209 g/mol.